The van der Waals surface area contributed by atoms with Crippen LogP contribution in [-0.2, 0) is 22.2 Å². The molecule has 2 atom stereocenters. The largest absolute Gasteiger partial charge is 1.00 e. The Bertz CT molecular complexity index is 296. The first kappa shape index (κ1) is 29.8. The second-order valence-electron chi connectivity index (χ2n) is 5.17. The van der Waals surface area contributed by atoms with Crippen molar-refractivity contribution in [1.29, 1.82) is 0 Å². The minimum Gasteiger partial charge on any atom is -0.306 e. The van der Waals surface area contributed by atoms with E-state index in [1.54, 1.807) is 0 Å². The van der Waals surface area contributed by atoms with Crippen molar-refractivity contribution in [2.45, 2.75) is 51.4 Å². The van der Waals surface area contributed by atoms with Crippen LogP contribution in [0.2, 0.25) is 0 Å². The molecular formula is C14H30NaO4S6+. The maximum Gasteiger partial charge on any atom is 1.00 e. The Morgan fingerprint density at radius 1 is 0.520 bits per heavy atom. The van der Waals surface area contributed by atoms with Crippen LogP contribution in [0.4, 0.5) is 0 Å². The van der Waals surface area contributed by atoms with Crippen molar-refractivity contribution in [2.75, 3.05) is 34.5 Å². The van der Waals surface area contributed by atoms with Crippen LogP contribution in [0.1, 0.15) is 51.4 Å². The molecule has 2 N–H and O–H groups in total. The molecule has 0 aromatic rings. The van der Waals surface area contributed by atoms with Crippen LogP contribution >= 0.6 is 43.2 Å². The van der Waals surface area contributed by atoms with Crippen molar-refractivity contribution in [2.24, 2.45) is 0 Å². The van der Waals surface area contributed by atoms with Gasteiger partial charge >= 0.3 is 29.6 Å². The molecule has 0 saturated carbocycles. The first-order chi connectivity index (χ1) is 11.6. The van der Waals surface area contributed by atoms with E-state index in [0.29, 0.717) is 11.5 Å². The van der Waals surface area contributed by atoms with Crippen LogP contribution < -0.4 is 29.6 Å². The van der Waals surface area contributed by atoms with E-state index < -0.39 is 22.2 Å². The third-order valence-electron chi connectivity index (χ3n) is 2.97. The molecule has 4 nitrogen and oxygen atoms in total. The molecule has 0 rings (SSSR count). The standard InChI is InChI=1S/C14H30O4S6.Na/c15-23(16)13-7-1-3-9-19-21-11-5-6-12-22-20-10-4-2-8-14-24(17)18;/h1-14H2,(H,15,16)(H,17,18);/q;+1. The third kappa shape index (κ3) is 28.9. The normalized spacial score (nSPS) is 13.4. The van der Waals surface area contributed by atoms with Crippen LogP contribution in [0.15, 0.2) is 0 Å². The summed E-state index contributed by atoms with van der Waals surface area (Å²) in [5.41, 5.74) is 0. The SMILES string of the molecule is O=S(O)CCCCCSSCCCCSSCCCCCS(=O)O.[Na+]. The molecule has 2 unspecified atom stereocenters. The average molecular weight is 478 g/mol. The summed E-state index contributed by atoms with van der Waals surface area (Å²) >= 11 is -3.24. The van der Waals surface area contributed by atoms with Crippen molar-refractivity contribution in [1.82, 2.24) is 0 Å². The fourth-order valence-corrected chi connectivity index (χ4v) is 7.17. The van der Waals surface area contributed by atoms with Crippen molar-refractivity contribution in [3.05, 3.63) is 0 Å². The van der Waals surface area contributed by atoms with Gasteiger partial charge in [0.25, 0.3) is 0 Å². The van der Waals surface area contributed by atoms with Crippen molar-refractivity contribution in [3.63, 3.8) is 0 Å². The van der Waals surface area contributed by atoms with Gasteiger partial charge in [-0.15, -0.1) is 0 Å². The van der Waals surface area contributed by atoms with E-state index in [2.05, 4.69) is 0 Å². The zero-order valence-electron chi connectivity index (χ0n) is 15.1. The molecule has 0 fully saturated rings. The Hall–Kier alpha value is 2.62. The van der Waals surface area contributed by atoms with Gasteiger partial charge in [-0.3, -0.25) is 0 Å². The minimum atomic E-state index is -1.62. The fraction of sp³-hybridized carbons (Fsp3) is 1.00. The topological polar surface area (TPSA) is 74.6 Å². The maximum atomic E-state index is 10.5. The van der Waals surface area contributed by atoms with Crippen LogP contribution in [-0.4, -0.2) is 52.0 Å². The molecule has 11 heteroatoms. The molecule has 0 radical (unpaired) electrons. The van der Waals surface area contributed by atoms with Gasteiger partial charge < -0.3 is 9.11 Å². The minimum absolute atomic E-state index is 0. The van der Waals surface area contributed by atoms with E-state index in [9.17, 15) is 8.42 Å². The number of rotatable bonds is 19. The van der Waals surface area contributed by atoms with Gasteiger partial charge in [-0.2, -0.15) is 0 Å². The number of unbranched alkanes of at least 4 members (excludes halogenated alkanes) is 5. The van der Waals surface area contributed by atoms with Gasteiger partial charge in [0.1, 0.15) is 0 Å². The summed E-state index contributed by atoms with van der Waals surface area (Å²) in [6.07, 6.45) is 8.59. The van der Waals surface area contributed by atoms with Crippen molar-refractivity contribution < 1.29 is 47.1 Å². The van der Waals surface area contributed by atoms with E-state index in [1.165, 1.54) is 24.3 Å². The first-order valence-corrected chi connectivity index (χ1v) is 15.8. The second kappa shape index (κ2) is 24.7. The maximum absolute atomic E-state index is 10.5. The zero-order chi connectivity index (χ0) is 17.9. The molecule has 0 aliphatic heterocycles. The molecule has 0 amide bonds. The third-order valence-corrected chi connectivity index (χ3v) is 9.40. The molecule has 0 spiro atoms. The first-order valence-electron chi connectivity index (χ1n) is 8.26. The molecule has 146 valence electrons. The van der Waals surface area contributed by atoms with E-state index in [1.807, 2.05) is 43.2 Å². The van der Waals surface area contributed by atoms with Crippen molar-refractivity contribution >= 4 is 65.3 Å². The quantitative estimate of drug-likeness (QED) is 0.127. The summed E-state index contributed by atoms with van der Waals surface area (Å²) in [6, 6.07) is 0. The molecule has 0 aromatic heterocycles. The monoisotopic (exact) mass is 477 g/mol. The summed E-state index contributed by atoms with van der Waals surface area (Å²) in [7, 11) is 7.73. The van der Waals surface area contributed by atoms with Crippen LogP contribution in [0.25, 0.3) is 0 Å². The average Bonchev–Trinajstić information content (AvgIpc) is 2.53. The smallest absolute Gasteiger partial charge is 0.306 e. The van der Waals surface area contributed by atoms with Gasteiger partial charge in [-0.05, 0) is 38.5 Å². The Labute approximate surface area is 196 Å². The number of hydrogen-bond acceptors (Lipinski definition) is 6. The number of hydrogen-bond donors (Lipinski definition) is 2. The summed E-state index contributed by atoms with van der Waals surface area (Å²) in [5.74, 6) is 5.51. The molecule has 0 aliphatic rings. The Balaban J connectivity index is 0. The van der Waals surface area contributed by atoms with Crippen LogP contribution in [0, 0.1) is 0 Å². The predicted octanol–water partition coefficient (Wildman–Crippen LogP) is 2.32. The van der Waals surface area contributed by atoms with Crippen LogP contribution in [0.3, 0.4) is 0 Å². The van der Waals surface area contributed by atoms with E-state index in [-0.39, 0.29) is 29.6 Å². The van der Waals surface area contributed by atoms with Crippen molar-refractivity contribution in [3.8, 4) is 0 Å². The van der Waals surface area contributed by atoms with E-state index in [4.69, 9.17) is 9.11 Å². The van der Waals surface area contributed by atoms with E-state index >= 15 is 0 Å². The van der Waals surface area contributed by atoms with E-state index in [0.717, 1.165) is 50.0 Å². The summed E-state index contributed by atoms with van der Waals surface area (Å²) in [4.78, 5) is 0. The van der Waals surface area contributed by atoms with Gasteiger partial charge in [0.15, 0.2) is 22.2 Å². The summed E-state index contributed by atoms with van der Waals surface area (Å²) in [6.45, 7) is 0. The Morgan fingerprint density at radius 3 is 1.08 bits per heavy atom. The Morgan fingerprint density at radius 2 is 0.800 bits per heavy atom. The molecule has 0 saturated heterocycles. The molecule has 0 bridgehead atoms. The molecule has 25 heavy (non-hydrogen) atoms. The predicted molar refractivity (Wildman–Crippen MR) is 118 cm³/mol. The van der Waals surface area contributed by atoms with Gasteiger partial charge in [-0.25, -0.2) is 8.42 Å². The van der Waals surface area contributed by atoms with Gasteiger partial charge in [0, 0.05) is 34.5 Å². The fourth-order valence-electron chi connectivity index (χ4n) is 1.68. The van der Waals surface area contributed by atoms with Crippen LogP contribution in [0.5, 0.6) is 0 Å². The zero-order valence-corrected chi connectivity index (χ0v) is 22.0. The van der Waals surface area contributed by atoms with Gasteiger partial charge in [0.05, 0.1) is 0 Å². The molecule has 0 aliphatic carbocycles. The van der Waals surface area contributed by atoms with Gasteiger partial charge in [-0.1, -0.05) is 56.0 Å². The summed E-state index contributed by atoms with van der Waals surface area (Å²) < 4.78 is 38.2. The molecule has 0 aromatic carbocycles. The summed E-state index contributed by atoms with van der Waals surface area (Å²) in [5, 5.41) is 0. The molecular weight excluding hydrogens is 448 g/mol. The van der Waals surface area contributed by atoms with Gasteiger partial charge in [0.2, 0.25) is 0 Å². The Kier molecular flexibility index (Phi) is 29.4. The molecule has 0 heterocycles. The second-order valence-corrected chi connectivity index (χ2v) is 12.7.